The molecule has 1 atom stereocenters. The standard InChI is InChI=1S/C13H21ClN2O3S/c1-13(19-3)5-4-6-16(10-13)20(17,18)12-7-11(8-14)15(2)9-12/h7,9H,4-6,8,10H2,1-3H3. The maximum atomic E-state index is 12.7. The smallest absolute Gasteiger partial charge is 0.244 e. The van der Waals surface area contributed by atoms with Crippen molar-refractivity contribution < 1.29 is 13.2 Å². The summed E-state index contributed by atoms with van der Waals surface area (Å²) in [6.45, 7) is 2.87. The minimum absolute atomic E-state index is 0.293. The molecule has 20 heavy (non-hydrogen) atoms. The van der Waals surface area contributed by atoms with Crippen LogP contribution in [0.5, 0.6) is 0 Å². The molecule has 1 unspecified atom stereocenters. The van der Waals surface area contributed by atoms with Gasteiger partial charge in [0, 0.05) is 39.1 Å². The summed E-state index contributed by atoms with van der Waals surface area (Å²) < 4.78 is 34.1. The first-order valence-electron chi connectivity index (χ1n) is 6.59. The third kappa shape index (κ3) is 2.88. The van der Waals surface area contributed by atoms with Crippen LogP contribution in [0.3, 0.4) is 0 Å². The Morgan fingerprint density at radius 1 is 1.50 bits per heavy atom. The van der Waals surface area contributed by atoms with Gasteiger partial charge in [0.05, 0.1) is 11.5 Å². The topological polar surface area (TPSA) is 51.5 Å². The number of alkyl halides is 1. The van der Waals surface area contributed by atoms with Crippen LogP contribution in [0.4, 0.5) is 0 Å². The number of piperidine rings is 1. The minimum atomic E-state index is -3.48. The van der Waals surface area contributed by atoms with Crippen molar-refractivity contribution in [1.29, 1.82) is 0 Å². The average Bonchev–Trinajstić information content (AvgIpc) is 2.81. The zero-order valence-corrected chi connectivity index (χ0v) is 13.7. The lowest BCUT2D eigenvalue weighted by Gasteiger charge is -2.38. The van der Waals surface area contributed by atoms with Crippen LogP contribution in [0, 0.1) is 0 Å². The highest BCUT2D eigenvalue weighted by atomic mass is 35.5. The first kappa shape index (κ1) is 15.8. The molecular weight excluding hydrogens is 300 g/mol. The van der Waals surface area contributed by atoms with Crippen LogP contribution in [0.1, 0.15) is 25.5 Å². The number of sulfonamides is 1. The predicted octanol–water partition coefficient (Wildman–Crippen LogP) is 1.95. The van der Waals surface area contributed by atoms with Crippen LogP contribution < -0.4 is 0 Å². The minimum Gasteiger partial charge on any atom is -0.377 e. The maximum absolute atomic E-state index is 12.7. The Balaban J connectivity index is 2.29. The highest BCUT2D eigenvalue weighted by Gasteiger charge is 2.37. The van der Waals surface area contributed by atoms with Crippen molar-refractivity contribution in [3.8, 4) is 0 Å². The van der Waals surface area contributed by atoms with Crippen molar-refractivity contribution in [2.24, 2.45) is 7.05 Å². The van der Waals surface area contributed by atoms with E-state index in [9.17, 15) is 8.42 Å². The number of hydrogen-bond acceptors (Lipinski definition) is 3. The highest BCUT2D eigenvalue weighted by Crippen LogP contribution is 2.29. The van der Waals surface area contributed by atoms with Crippen molar-refractivity contribution >= 4 is 21.6 Å². The van der Waals surface area contributed by atoms with E-state index >= 15 is 0 Å². The third-order valence-corrected chi connectivity index (χ3v) is 6.06. The lowest BCUT2D eigenvalue weighted by Crippen LogP contribution is -2.49. The van der Waals surface area contributed by atoms with Crippen molar-refractivity contribution in [3.05, 3.63) is 18.0 Å². The van der Waals surface area contributed by atoms with E-state index in [1.165, 1.54) is 4.31 Å². The zero-order chi connectivity index (χ0) is 15.0. The van der Waals surface area contributed by atoms with Crippen LogP contribution >= 0.6 is 11.6 Å². The second-order valence-electron chi connectivity index (χ2n) is 5.51. The molecule has 1 aromatic heterocycles. The molecule has 7 heteroatoms. The molecule has 2 heterocycles. The predicted molar refractivity (Wildman–Crippen MR) is 78.4 cm³/mol. The Bertz CT molecular complexity index is 584. The summed E-state index contributed by atoms with van der Waals surface area (Å²) in [5, 5.41) is 0. The van der Waals surface area contributed by atoms with Gasteiger partial charge in [0.15, 0.2) is 0 Å². The average molecular weight is 321 g/mol. The van der Waals surface area contributed by atoms with Crippen molar-refractivity contribution in [2.45, 2.75) is 36.1 Å². The number of aryl methyl sites for hydroxylation is 1. The number of ether oxygens (including phenoxy) is 1. The summed E-state index contributed by atoms with van der Waals surface area (Å²) in [6.07, 6.45) is 3.29. The summed E-state index contributed by atoms with van der Waals surface area (Å²) in [6, 6.07) is 1.64. The fourth-order valence-corrected chi connectivity index (χ4v) is 4.48. The largest absolute Gasteiger partial charge is 0.377 e. The summed E-state index contributed by atoms with van der Waals surface area (Å²) in [5.41, 5.74) is 0.381. The first-order valence-corrected chi connectivity index (χ1v) is 8.56. The molecule has 1 aromatic rings. The van der Waals surface area contributed by atoms with Gasteiger partial charge in [-0.1, -0.05) is 0 Å². The number of methoxy groups -OCH3 is 1. The van der Waals surface area contributed by atoms with Gasteiger partial charge in [-0.2, -0.15) is 4.31 Å². The second-order valence-corrected chi connectivity index (χ2v) is 7.71. The van der Waals surface area contributed by atoms with Gasteiger partial charge < -0.3 is 9.30 Å². The quantitative estimate of drug-likeness (QED) is 0.797. The second kappa shape index (κ2) is 5.67. The molecule has 1 fully saturated rings. The van der Waals surface area contributed by atoms with Gasteiger partial charge in [-0.15, -0.1) is 11.6 Å². The Hall–Kier alpha value is -0.560. The van der Waals surface area contributed by atoms with Gasteiger partial charge in [-0.3, -0.25) is 0 Å². The van der Waals surface area contributed by atoms with Gasteiger partial charge in [0.1, 0.15) is 4.90 Å². The molecule has 114 valence electrons. The first-order chi connectivity index (χ1) is 9.32. The van der Waals surface area contributed by atoms with Crippen LogP contribution in [0.2, 0.25) is 0 Å². The van der Waals surface area contributed by atoms with Gasteiger partial charge in [-0.05, 0) is 25.8 Å². The number of rotatable bonds is 4. The van der Waals surface area contributed by atoms with E-state index in [-0.39, 0.29) is 0 Å². The molecule has 1 aliphatic heterocycles. The van der Waals surface area contributed by atoms with E-state index in [4.69, 9.17) is 16.3 Å². The molecule has 0 N–H and O–H groups in total. The maximum Gasteiger partial charge on any atom is 0.244 e. The Labute approximate surface area is 125 Å². The monoisotopic (exact) mass is 320 g/mol. The van der Waals surface area contributed by atoms with Gasteiger partial charge in [0.2, 0.25) is 10.0 Å². The van der Waals surface area contributed by atoms with Crippen molar-refractivity contribution in [3.63, 3.8) is 0 Å². The molecule has 1 aliphatic rings. The molecule has 0 bridgehead atoms. The van der Waals surface area contributed by atoms with Crippen LogP contribution in [0.15, 0.2) is 17.2 Å². The Kier molecular flexibility index (Phi) is 4.49. The number of hydrogen-bond donors (Lipinski definition) is 0. The molecule has 0 aliphatic carbocycles. The molecule has 5 nitrogen and oxygen atoms in total. The molecule has 2 rings (SSSR count). The molecule has 1 saturated heterocycles. The van der Waals surface area contributed by atoms with Gasteiger partial charge in [0.25, 0.3) is 0 Å². The van der Waals surface area contributed by atoms with E-state index < -0.39 is 15.6 Å². The molecular formula is C13H21ClN2O3S. The lowest BCUT2D eigenvalue weighted by molar-refractivity contribution is -0.0319. The highest BCUT2D eigenvalue weighted by molar-refractivity contribution is 7.89. The van der Waals surface area contributed by atoms with E-state index in [2.05, 4.69) is 0 Å². The van der Waals surface area contributed by atoms with Gasteiger partial charge >= 0.3 is 0 Å². The number of nitrogens with zero attached hydrogens (tertiary/aromatic N) is 2. The fraction of sp³-hybridized carbons (Fsp3) is 0.692. The fourth-order valence-electron chi connectivity index (χ4n) is 2.53. The summed E-state index contributed by atoms with van der Waals surface area (Å²) >= 11 is 5.80. The summed E-state index contributed by atoms with van der Waals surface area (Å²) in [4.78, 5) is 0.302. The SMILES string of the molecule is COC1(C)CCCN(S(=O)(=O)c2cc(CCl)n(C)c2)C1. The van der Waals surface area contributed by atoms with Crippen molar-refractivity contribution in [2.75, 3.05) is 20.2 Å². The lowest BCUT2D eigenvalue weighted by atomic mass is 9.96. The van der Waals surface area contributed by atoms with E-state index in [0.29, 0.717) is 23.9 Å². The van der Waals surface area contributed by atoms with Crippen LogP contribution in [-0.4, -0.2) is 43.1 Å². The normalized spacial score (nSPS) is 25.0. The van der Waals surface area contributed by atoms with E-state index in [0.717, 1.165) is 18.5 Å². The van der Waals surface area contributed by atoms with E-state index in [1.807, 2.05) is 6.92 Å². The number of halogens is 1. The summed E-state index contributed by atoms with van der Waals surface area (Å²) in [7, 11) is -0.0540. The van der Waals surface area contributed by atoms with Gasteiger partial charge in [-0.25, -0.2) is 8.42 Å². The Morgan fingerprint density at radius 2 is 2.20 bits per heavy atom. The Morgan fingerprint density at radius 3 is 2.75 bits per heavy atom. The summed E-state index contributed by atoms with van der Waals surface area (Å²) in [5.74, 6) is 0.293. The molecule has 0 amide bonds. The van der Waals surface area contributed by atoms with E-state index in [1.54, 1.807) is 31.0 Å². The van der Waals surface area contributed by atoms with Crippen LogP contribution in [0.25, 0.3) is 0 Å². The van der Waals surface area contributed by atoms with Crippen molar-refractivity contribution in [1.82, 2.24) is 8.87 Å². The molecule has 0 aromatic carbocycles. The number of aromatic nitrogens is 1. The zero-order valence-electron chi connectivity index (χ0n) is 12.1. The third-order valence-electron chi connectivity index (χ3n) is 3.97. The molecule has 0 saturated carbocycles. The molecule has 0 radical (unpaired) electrons. The van der Waals surface area contributed by atoms with Crippen LogP contribution in [-0.2, 0) is 27.7 Å². The molecule has 0 spiro atoms.